The Kier molecular flexibility index (Phi) is 3.95. The fourth-order valence-electron chi connectivity index (χ4n) is 1.38. The fraction of sp³-hybridized carbons (Fsp3) is 0.636. The molecule has 0 radical (unpaired) electrons. The Morgan fingerprint density at radius 3 is 3.14 bits per heavy atom. The van der Waals surface area contributed by atoms with E-state index in [0.717, 1.165) is 19.0 Å². The smallest absolute Gasteiger partial charge is 0.0220 e. The molecule has 0 unspecified atom stereocenters. The molecule has 3 heteroatoms. The molecule has 0 aromatic carbocycles. The topological polar surface area (TPSA) is 27.8 Å². The monoisotopic (exact) mass is 210 g/mol. The Balaban J connectivity index is 1.43. The lowest BCUT2D eigenvalue weighted by atomic mass is 10.3. The van der Waals surface area contributed by atoms with Gasteiger partial charge in [-0.2, -0.15) is 11.8 Å². The number of aromatic amines is 1. The van der Waals surface area contributed by atoms with E-state index < -0.39 is 0 Å². The van der Waals surface area contributed by atoms with E-state index in [0.29, 0.717) is 0 Å². The Hall–Kier alpha value is -0.410. The summed E-state index contributed by atoms with van der Waals surface area (Å²) in [6, 6.07) is 2.12. The molecule has 1 aromatic heterocycles. The second kappa shape index (κ2) is 5.47. The summed E-state index contributed by atoms with van der Waals surface area (Å²) in [7, 11) is 0. The normalized spacial score (nSPS) is 16.0. The molecule has 2 N–H and O–H groups in total. The van der Waals surface area contributed by atoms with Crippen molar-refractivity contribution in [2.24, 2.45) is 5.92 Å². The molecule has 1 aliphatic carbocycles. The van der Waals surface area contributed by atoms with Gasteiger partial charge in [-0.25, -0.2) is 0 Å². The van der Waals surface area contributed by atoms with Crippen molar-refractivity contribution in [2.75, 3.05) is 18.1 Å². The summed E-state index contributed by atoms with van der Waals surface area (Å²) in [5.74, 6) is 3.69. The summed E-state index contributed by atoms with van der Waals surface area (Å²) in [4.78, 5) is 3.06. The maximum absolute atomic E-state index is 3.44. The Labute approximate surface area is 89.9 Å². The first-order valence-electron chi connectivity index (χ1n) is 5.35. The van der Waals surface area contributed by atoms with Gasteiger partial charge in [-0.3, -0.25) is 0 Å². The van der Waals surface area contributed by atoms with Crippen LogP contribution in [0.15, 0.2) is 18.5 Å². The van der Waals surface area contributed by atoms with E-state index in [1.54, 1.807) is 0 Å². The van der Waals surface area contributed by atoms with Crippen LogP contribution < -0.4 is 5.32 Å². The summed E-state index contributed by atoms with van der Waals surface area (Å²) in [6.45, 7) is 2.12. The van der Waals surface area contributed by atoms with E-state index in [1.165, 1.54) is 29.9 Å². The number of nitrogens with one attached hydrogen (secondary N) is 2. The molecule has 0 aliphatic heterocycles. The fourth-order valence-corrected chi connectivity index (χ4v) is 2.50. The molecule has 78 valence electrons. The van der Waals surface area contributed by atoms with E-state index in [1.807, 2.05) is 12.4 Å². The third-order valence-corrected chi connectivity index (χ3v) is 3.67. The van der Waals surface area contributed by atoms with Gasteiger partial charge < -0.3 is 10.3 Å². The third-order valence-electron chi connectivity index (χ3n) is 2.47. The van der Waals surface area contributed by atoms with Crippen molar-refractivity contribution in [1.82, 2.24) is 10.3 Å². The highest BCUT2D eigenvalue weighted by atomic mass is 32.2. The van der Waals surface area contributed by atoms with Crippen molar-refractivity contribution >= 4 is 11.8 Å². The molecular formula is C11H18N2S. The molecular weight excluding hydrogens is 192 g/mol. The summed E-state index contributed by atoms with van der Waals surface area (Å²) in [6.07, 6.45) is 6.97. The molecule has 2 rings (SSSR count). The zero-order chi connectivity index (χ0) is 9.64. The molecule has 1 fully saturated rings. The van der Waals surface area contributed by atoms with Crippen LogP contribution in [0, 0.1) is 5.92 Å². The Morgan fingerprint density at radius 2 is 2.43 bits per heavy atom. The number of hydrogen-bond acceptors (Lipinski definition) is 2. The predicted octanol–water partition coefficient (Wildman–Crippen LogP) is 2.25. The van der Waals surface area contributed by atoms with Gasteiger partial charge >= 0.3 is 0 Å². The van der Waals surface area contributed by atoms with Crippen LogP contribution in [-0.4, -0.2) is 23.0 Å². The molecule has 0 amide bonds. The van der Waals surface area contributed by atoms with Crippen LogP contribution >= 0.6 is 11.8 Å². The van der Waals surface area contributed by atoms with Gasteiger partial charge in [0.1, 0.15) is 0 Å². The average molecular weight is 210 g/mol. The number of hydrogen-bond donors (Lipinski definition) is 2. The largest absolute Gasteiger partial charge is 0.367 e. The van der Waals surface area contributed by atoms with E-state index in [9.17, 15) is 0 Å². The molecule has 1 aliphatic rings. The number of aromatic nitrogens is 1. The molecule has 14 heavy (non-hydrogen) atoms. The summed E-state index contributed by atoms with van der Waals surface area (Å²) >= 11 is 2.09. The molecule has 0 saturated heterocycles. The first-order valence-corrected chi connectivity index (χ1v) is 6.51. The highest BCUT2D eigenvalue weighted by molar-refractivity contribution is 7.99. The summed E-state index contributed by atoms with van der Waals surface area (Å²) in [5, 5.41) is 3.44. The van der Waals surface area contributed by atoms with E-state index in [-0.39, 0.29) is 0 Å². The van der Waals surface area contributed by atoms with Crippen LogP contribution in [0.2, 0.25) is 0 Å². The third kappa shape index (κ3) is 3.76. The molecule has 2 nitrogen and oxygen atoms in total. The predicted molar refractivity (Wildman–Crippen MR) is 62.5 cm³/mol. The average Bonchev–Trinajstić information content (AvgIpc) is 2.87. The summed E-state index contributed by atoms with van der Waals surface area (Å²) < 4.78 is 0. The minimum absolute atomic E-state index is 0.994. The van der Waals surface area contributed by atoms with Gasteiger partial charge in [-0.1, -0.05) is 0 Å². The number of H-pyrrole nitrogens is 1. The Morgan fingerprint density at radius 1 is 1.50 bits per heavy atom. The van der Waals surface area contributed by atoms with Crippen molar-refractivity contribution in [3.05, 3.63) is 24.0 Å². The first-order chi connectivity index (χ1) is 6.95. The van der Waals surface area contributed by atoms with Crippen molar-refractivity contribution in [2.45, 2.75) is 19.4 Å². The minimum Gasteiger partial charge on any atom is -0.367 e. The van der Waals surface area contributed by atoms with E-state index in [2.05, 4.69) is 28.1 Å². The van der Waals surface area contributed by atoms with Crippen molar-refractivity contribution in [3.8, 4) is 0 Å². The SMILES string of the molecule is c1cc(CNCCSCC2CC2)c[nH]1. The zero-order valence-corrected chi connectivity index (χ0v) is 9.28. The molecule has 0 spiro atoms. The summed E-state index contributed by atoms with van der Waals surface area (Å²) in [5.41, 5.74) is 1.34. The standard InChI is InChI=1S/C11H18N2S/c1-2-10(1)9-14-6-5-13-8-11-3-4-12-7-11/h3-4,7,10,12-13H,1-2,5-6,8-9H2. The second-order valence-electron chi connectivity index (χ2n) is 3.91. The van der Waals surface area contributed by atoms with Crippen molar-refractivity contribution in [3.63, 3.8) is 0 Å². The maximum atomic E-state index is 3.44. The Bertz CT molecular complexity index is 242. The second-order valence-corrected chi connectivity index (χ2v) is 5.06. The maximum Gasteiger partial charge on any atom is 0.0220 e. The van der Waals surface area contributed by atoms with Gasteiger partial charge in [0, 0.05) is 31.2 Å². The van der Waals surface area contributed by atoms with Crippen LogP contribution in [0.4, 0.5) is 0 Å². The highest BCUT2D eigenvalue weighted by Gasteiger charge is 2.20. The molecule has 1 heterocycles. The zero-order valence-electron chi connectivity index (χ0n) is 8.46. The lowest BCUT2D eigenvalue weighted by Gasteiger charge is -2.02. The van der Waals surface area contributed by atoms with Crippen molar-refractivity contribution in [1.29, 1.82) is 0 Å². The van der Waals surface area contributed by atoms with Gasteiger partial charge in [0.05, 0.1) is 0 Å². The van der Waals surface area contributed by atoms with E-state index in [4.69, 9.17) is 0 Å². The molecule has 1 saturated carbocycles. The van der Waals surface area contributed by atoms with Crippen molar-refractivity contribution < 1.29 is 0 Å². The molecule has 0 atom stereocenters. The molecule has 0 bridgehead atoms. The van der Waals surface area contributed by atoms with E-state index >= 15 is 0 Å². The number of rotatable bonds is 7. The number of thioether (sulfide) groups is 1. The lowest BCUT2D eigenvalue weighted by molar-refractivity contribution is 0.732. The van der Waals surface area contributed by atoms with Crippen LogP contribution in [0.25, 0.3) is 0 Å². The van der Waals surface area contributed by atoms with Gasteiger partial charge in [0.2, 0.25) is 0 Å². The lowest BCUT2D eigenvalue weighted by Crippen LogP contribution is -2.16. The van der Waals surface area contributed by atoms with Gasteiger partial charge in [0.15, 0.2) is 0 Å². The van der Waals surface area contributed by atoms with Gasteiger partial charge in [-0.05, 0) is 36.1 Å². The minimum atomic E-state index is 0.994. The first kappa shape index (κ1) is 10.1. The quantitative estimate of drug-likeness (QED) is 0.676. The molecule has 1 aromatic rings. The van der Waals surface area contributed by atoms with Gasteiger partial charge in [0.25, 0.3) is 0 Å². The van der Waals surface area contributed by atoms with Crippen LogP contribution in [-0.2, 0) is 6.54 Å². The van der Waals surface area contributed by atoms with Crippen LogP contribution in [0.3, 0.4) is 0 Å². The van der Waals surface area contributed by atoms with Crippen LogP contribution in [0.5, 0.6) is 0 Å². The van der Waals surface area contributed by atoms with Crippen LogP contribution in [0.1, 0.15) is 18.4 Å². The van der Waals surface area contributed by atoms with Gasteiger partial charge in [-0.15, -0.1) is 0 Å². The highest BCUT2D eigenvalue weighted by Crippen LogP contribution is 2.32.